The van der Waals surface area contributed by atoms with Crippen molar-refractivity contribution < 1.29 is 4.79 Å². The van der Waals surface area contributed by atoms with Gasteiger partial charge in [-0.2, -0.15) is 0 Å². The molecule has 0 bridgehead atoms. The lowest BCUT2D eigenvalue weighted by atomic mass is 9.85. The lowest BCUT2D eigenvalue weighted by Gasteiger charge is -2.34. The van der Waals surface area contributed by atoms with Gasteiger partial charge in [-0.15, -0.1) is 0 Å². The minimum atomic E-state index is -0.747. The van der Waals surface area contributed by atoms with Crippen molar-refractivity contribution in [2.24, 2.45) is 11.8 Å². The van der Waals surface area contributed by atoms with Crippen LogP contribution in [0.3, 0.4) is 0 Å². The second kappa shape index (κ2) is 15.2. The maximum absolute atomic E-state index is 14.1. The highest BCUT2D eigenvalue weighted by Gasteiger charge is 2.36. The molecule has 0 aliphatic carbocycles. The van der Waals surface area contributed by atoms with Crippen molar-refractivity contribution in [3.8, 4) is 11.3 Å². The summed E-state index contributed by atoms with van der Waals surface area (Å²) < 4.78 is 0. The molecular formula is C39H55N5O. The standard InChI is InChI=1S/C39H55N5O/c1-26(2)24-44(25-27(3)4)38(45)39(8,9)35-21-33-34(23-42-35)43-37(32-19-28(5)18-29(6)20-32)36(33)30(7)22-41-15-11-10-12-31-13-16-40-17-14-31/h13-14,16-21,23,26-27,30,41,43H,10-12,15,22,24-25H2,1-9H3/t30-/m1/s1. The number of hydrogen-bond acceptors (Lipinski definition) is 4. The van der Waals surface area contributed by atoms with Crippen LogP contribution in [0.4, 0.5) is 0 Å². The van der Waals surface area contributed by atoms with E-state index in [9.17, 15) is 4.79 Å². The molecule has 0 spiro atoms. The van der Waals surface area contributed by atoms with Crippen molar-refractivity contribution in [3.05, 3.63) is 82.9 Å². The normalized spacial score (nSPS) is 12.8. The molecule has 0 aliphatic rings. The van der Waals surface area contributed by atoms with Gasteiger partial charge in [-0.3, -0.25) is 14.8 Å². The van der Waals surface area contributed by atoms with E-state index < -0.39 is 5.41 Å². The summed E-state index contributed by atoms with van der Waals surface area (Å²) in [6, 6.07) is 13.1. The fourth-order valence-corrected chi connectivity index (χ4v) is 6.49. The van der Waals surface area contributed by atoms with Crippen molar-refractivity contribution in [1.82, 2.24) is 25.2 Å². The van der Waals surface area contributed by atoms with Gasteiger partial charge >= 0.3 is 0 Å². The van der Waals surface area contributed by atoms with E-state index in [1.807, 2.05) is 37.3 Å². The van der Waals surface area contributed by atoms with E-state index in [0.29, 0.717) is 11.8 Å². The molecule has 1 atom stereocenters. The van der Waals surface area contributed by atoms with Crippen LogP contribution in [0.25, 0.3) is 22.2 Å². The molecule has 6 nitrogen and oxygen atoms in total. The molecule has 6 heteroatoms. The van der Waals surface area contributed by atoms with Crippen LogP contribution < -0.4 is 5.32 Å². The summed E-state index contributed by atoms with van der Waals surface area (Å²) >= 11 is 0. The topological polar surface area (TPSA) is 73.9 Å². The Bertz CT molecular complexity index is 1520. The minimum absolute atomic E-state index is 0.143. The van der Waals surface area contributed by atoms with Gasteiger partial charge in [0.15, 0.2) is 0 Å². The summed E-state index contributed by atoms with van der Waals surface area (Å²) in [6.45, 7) is 22.7. The number of hydrogen-bond donors (Lipinski definition) is 2. The first-order valence-corrected chi connectivity index (χ1v) is 16.9. The molecule has 1 amide bonds. The molecule has 0 saturated carbocycles. The van der Waals surface area contributed by atoms with E-state index >= 15 is 0 Å². The Kier molecular flexibility index (Phi) is 11.6. The highest BCUT2D eigenvalue weighted by Crippen LogP contribution is 2.38. The smallest absolute Gasteiger partial charge is 0.234 e. The lowest BCUT2D eigenvalue weighted by Crippen LogP contribution is -2.46. The van der Waals surface area contributed by atoms with Crippen molar-refractivity contribution in [2.75, 3.05) is 26.2 Å². The number of H-pyrrole nitrogens is 1. The number of benzene rings is 1. The number of aryl methyl sites for hydroxylation is 3. The predicted molar refractivity (Wildman–Crippen MR) is 189 cm³/mol. The second-order valence-electron chi connectivity index (χ2n) is 14.4. The van der Waals surface area contributed by atoms with Crippen LogP contribution in [-0.4, -0.2) is 51.9 Å². The van der Waals surface area contributed by atoms with E-state index in [0.717, 1.165) is 67.7 Å². The summed E-state index contributed by atoms with van der Waals surface area (Å²) in [5.74, 6) is 1.20. The van der Waals surface area contributed by atoms with Gasteiger partial charge in [-0.25, -0.2) is 0 Å². The maximum atomic E-state index is 14.1. The number of aromatic nitrogens is 3. The summed E-state index contributed by atoms with van der Waals surface area (Å²) in [4.78, 5) is 28.9. The fraction of sp³-hybridized carbons (Fsp3) is 0.513. The Morgan fingerprint density at radius 1 is 0.933 bits per heavy atom. The zero-order valence-corrected chi connectivity index (χ0v) is 29.1. The Labute approximate surface area is 271 Å². The molecule has 4 rings (SSSR count). The fourth-order valence-electron chi connectivity index (χ4n) is 6.49. The average molecular weight is 610 g/mol. The number of carbonyl (C=O) groups excluding carboxylic acids is 1. The molecule has 4 aromatic rings. The Balaban J connectivity index is 1.63. The zero-order valence-electron chi connectivity index (χ0n) is 29.1. The number of carbonyl (C=O) groups is 1. The molecule has 3 aromatic heterocycles. The number of amides is 1. The quantitative estimate of drug-likeness (QED) is 0.133. The molecular weight excluding hydrogens is 554 g/mol. The van der Waals surface area contributed by atoms with E-state index in [1.54, 1.807) is 0 Å². The average Bonchev–Trinajstić information content (AvgIpc) is 3.37. The van der Waals surface area contributed by atoms with Crippen LogP contribution in [0.15, 0.2) is 55.0 Å². The molecule has 242 valence electrons. The van der Waals surface area contributed by atoms with E-state index in [1.165, 1.54) is 27.8 Å². The first kappa shape index (κ1) is 34.4. The molecule has 0 unspecified atom stereocenters. The number of nitrogens with zero attached hydrogens (tertiary/aromatic N) is 3. The third-order valence-corrected chi connectivity index (χ3v) is 8.63. The first-order chi connectivity index (χ1) is 21.4. The van der Waals surface area contributed by atoms with E-state index in [4.69, 9.17) is 4.98 Å². The van der Waals surface area contributed by atoms with Crippen molar-refractivity contribution in [2.45, 2.75) is 92.9 Å². The molecule has 0 aliphatic heterocycles. The molecule has 0 radical (unpaired) electrons. The second-order valence-corrected chi connectivity index (χ2v) is 14.4. The highest BCUT2D eigenvalue weighted by atomic mass is 16.2. The Morgan fingerprint density at radius 3 is 2.20 bits per heavy atom. The van der Waals surface area contributed by atoms with Gasteiger partial charge in [0.2, 0.25) is 5.91 Å². The molecule has 2 N–H and O–H groups in total. The SMILES string of the molecule is Cc1cc(C)cc(-c2[nH]c3cnc(C(C)(C)C(=O)N(CC(C)C)CC(C)C)cc3c2[C@H](C)CNCCCCc2ccncc2)c1. The van der Waals surface area contributed by atoms with Crippen LogP contribution in [0.1, 0.15) is 95.2 Å². The third kappa shape index (κ3) is 8.82. The van der Waals surface area contributed by atoms with Crippen molar-refractivity contribution in [1.29, 1.82) is 0 Å². The van der Waals surface area contributed by atoms with Crippen molar-refractivity contribution in [3.63, 3.8) is 0 Å². The van der Waals surface area contributed by atoms with Gasteiger partial charge in [-0.05, 0) is 118 Å². The van der Waals surface area contributed by atoms with Crippen LogP contribution in [0, 0.1) is 25.7 Å². The molecule has 1 aromatic carbocycles. The monoisotopic (exact) mass is 609 g/mol. The predicted octanol–water partition coefficient (Wildman–Crippen LogP) is 8.38. The zero-order chi connectivity index (χ0) is 32.7. The largest absolute Gasteiger partial charge is 0.353 e. The van der Waals surface area contributed by atoms with Gasteiger partial charge in [0, 0.05) is 37.4 Å². The third-order valence-electron chi connectivity index (χ3n) is 8.63. The van der Waals surface area contributed by atoms with Gasteiger partial charge in [0.1, 0.15) is 0 Å². The van der Waals surface area contributed by atoms with Crippen LogP contribution in [0.5, 0.6) is 0 Å². The minimum Gasteiger partial charge on any atom is -0.353 e. The van der Waals surface area contributed by atoms with Gasteiger partial charge in [-0.1, -0.05) is 51.8 Å². The molecule has 0 saturated heterocycles. The summed E-state index contributed by atoms with van der Waals surface area (Å²) in [6.07, 6.45) is 9.03. The first-order valence-electron chi connectivity index (χ1n) is 16.9. The van der Waals surface area contributed by atoms with Gasteiger partial charge < -0.3 is 15.2 Å². The molecule has 3 heterocycles. The van der Waals surface area contributed by atoms with Crippen LogP contribution >= 0.6 is 0 Å². The molecule has 45 heavy (non-hydrogen) atoms. The maximum Gasteiger partial charge on any atom is 0.234 e. The number of fused-ring (bicyclic) bond motifs is 1. The Morgan fingerprint density at radius 2 is 1.58 bits per heavy atom. The van der Waals surface area contributed by atoms with E-state index in [2.05, 4.69) is 100 Å². The number of unbranched alkanes of at least 4 members (excludes halogenated alkanes) is 1. The summed E-state index contributed by atoms with van der Waals surface area (Å²) in [5.41, 5.74) is 8.55. The Hall–Kier alpha value is -3.51. The number of aromatic amines is 1. The van der Waals surface area contributed by atoms with Gasteiger partial charge in [0.25, 0.3) is 0 Å². The van der Waals surface area contributed by atoms with Crippen molar-refractivity contribution >= 4 is 16.8 Å². The molecule has 0 fully saturated rings. The summed E-state index contributed by atoms with van der Waals surface area (Å²) in [5, 5.41) is 4.89. The van der Waals surface area contributed by atoms with E-state index in [-0.39, 0.29) is 11.8 Å². The lowest BCUT2D eigenvalue weighted by molar-refractivity contribution is -0.137. The number of rotatable bonds is 15. The van der Waals surface area contributed by atoms with Crippen LogP contribution in [-0.2, 0) is 16.6 Å². The van der Waals surface area contributed by atoms with Gasteiger partial charge in [0.05, 0.1) is 28.5 Å². The number of nitrogens with one attached hydrogen (secondary N) is 2. The highest BCUT2D eigenvalue weighted by molar-refractivity contribution is 5.93. The number of pyridine rings is 2. The summed E-state index contributed by atoms with van der Waals surface area (Å²) in [7, 11) is 0. The van der Waals surface area contributed by atoms with Crippen LogP contribution in [0.2, 0.25) is 0 Å².